The van der Waals surface area contributed by atoms with Gasteiger partial charge >= 0.3 is 5.97 Å². The van der Waals surface area contributed by atoms with Gasteiger partial charge in [0.05, 0.1) is 6.61 Å². The Labute approximate surface area is 140 Å². The molecule has 124 valence electrons. The lowest BCUT2D eigenvalue weighted by atomic mass is 10.1. The Balaban J connectivity index is 2.04. The van der Waals surface area contributed by atoms with Gasteiger partial charge in [0.15, 0.2) is 0 Å². The SMILES string of the molecule is CCOC(=O)C(CCc1ccccc1)=NNC(=O)c1ccncc1. The van der Waals surface area contributed by atoms with E-state index in [-0.39, 0.29) is 12.3 Å². The maximum Gasteiger partial charge on any atom is 0.354 e. The van der Waals surface area contributed by atoms with Gasteiger partial charge in [0.25, 0.3) is 5.91 Å². The van der Waals surface area contributed by atoms with Crippen molar-refractivity contribution in [2.24, 2.45) is 5.10 Å². The Bertz CT molecular complexity index is 700. The number of nitrogens with zero attached hydrogens (tertiary/aromatic N) is 2. The summed E-state index contributed by atoms with van der Waals surface area (Å²) in [5.41, 5.74) is 4.07. The molecule has 1 heterocycles. The number of ether oxygens (including phenoxy) is 1. The molecule has 0 atom stereocenters. The summed E-state index contributed by atoms with van der Waals surface area (Å²) >= 11 is 0. The smallest absolute Gasteiger partial charge is 0.354 e. The van der Waals surface area contributed by atoms with Crippen LogP contribution in [0, 0.1) is 0 Å². The topological polar surface area (TPSA) is 80.6 Å². The van der Waals surface area contributed by atoms with E-state index in [9.17, 15) is 9.59 Å². The molecule has 24 heavy (non-hydrogen) atoms. The summed E-state index contributed by atoms with van der Waals surface area (Å²) in [4.78, 5) is 27.9. The molecular formula is C18H19N3O3. The third-order valence-corrected chi connectivity index (χ3v) is 3.24. The van der Waals surface area contributed by atoms with Crippen molar-refractivity contribution in [1.82, 2.24) is 10.4 Å². The molecule has 0 aliphatic rings. The minimum Gasteiger partial charge on any atom is -0.461 e. The van der Waals surface area contributed by atoms with Crippen molar-refractivity contribution in [1.29, 1.82) is 0 Å². The van der Waals surface area contributed by atoms with Crippen LogP contribution in [0.2, 0.25) is 0 Å². The maximum atomic E-state index is 12.0. The predicted molar refractivity (Wildman–Crippen MR) is 90.5 cm³/mol. The van der Waals surface area contributed by atoms with Gasteiger partial charge in [-0.05, 0) is 31.0 Å². The molecule has 0 saturated carbocycles. The minimum absolute atomic E-state index is 0.183. The van der Waals surface area contributed by atoms with Gasteiger partial charge in [0.1, 0.15) is 5.71 Å². The van der Waals surface area contributed by atoms with Crippen LogP contribution in [0.4, 0.5) is 0 Å². The summed E-state index contributed by atoms with van der Waals surface area (Å²) in [6, 6.07) is 12.9. The standard InChI is InChI=1S/C18H19N3O3/c1-2-24-18(23)16(9-8-14-6-4-3-5-7-14)20-21-17(22)15-10-12-19-13-11-15/h3-7,10-13H,2,8-9H2,1H3,(H,21,22). The molecule has 1 N–H and O–H groups in total. The first-order valence-corrected chi connectivity index (χ1v) is 7.68. The summed E-state index contributed by atoms with van der Waals surface area (Å²) in [5, 5.41) is 3.96. The van der Waals surface area contributed by atoms with Crippen LogP contribution < -0.4 is 5.43 Å². The van der Waals surface area contributed by atoms with Crippen LogP contribution in [0.3, 0.4) is 0 Å². The third-order valence-electron chi connectivity index (χ3n) is 3.24. The van der Waals surface area contributed by atoms with Crippen molar-refractivity contribution < 1.29 is 14.3 Å². The summed E-state index contributed by atoms with van der Waals surface area (Å²) in [5.74, 6) is -0.928. The molecule has 2 aromatic rings. The quantitative estimate of drug-likeness (QED) is 0.481. The second kappa shape index (κ2) is 9.19. The van der Waals surface area contributed by atoms with Crippen LogP contribution in [0.5, 0.6) is 0 Å². The fraction of sp³-hybridized carbons (Fsp3) is 0.222. The number of hydrazone groups is 1. The Morgan fingerprint density at radius 1 is 1.12 bits per heavy atom. The van der Waals surface area contributed by atoms with E-state index in [0.717, 1.165) is 5.56 Å². The van der Waals surface area contributed by atoms with E-state index in [0.29, 0.717) is 18.4 Å². The fourth-order valence-corrected chi connectivity index (χ4v) is 2.01. The third kappa shape index (κ3) is 5.31. The van der Waals surface area contributed by atoms with E-state index in [2.05, 4.69) is 15.5 Å². The van der Waals surface area contributed by atoms with Crippen LogP contribution in [-0.2, 0) is 16.0 Å². The normalized spacial score (nSPS) is 11.0. The molecule has 1 aromatic carbocycles. The Morgan fingerprint density at radius 2 is 1.83 bits per heavy atom. The van der Waals surface area contributed by atoms with E-state index in [1.807, 2.05) is 30.3 Å². The summed E-state index contributed by atoms with van der Waals surface area (Å²) in [7, 11) is 0. The van der Waals surface area contributed by atoms with Gasteiger partial charge in [0, 0.05) is 24.4 Å². The average molecular weight is 325 g/mol. The summed E-state index contributed by atoms with van der Waals surface area (Å²) in [6.45, 7) is 1.98. The molecule has 0 radical (unpaired) electrons. The van der Waals surface area contributed by atoms with Crippen LogP contribution in [-0.4, -0.2) is 29.2 Å². The summed E-state index contributed by atoms with van der Waals surface area (Å²) in [6.07, 6.45) is 4.03. The van der Waals surface area contributed by atoms with Crippen molar-refractivity contribution in [2.75, 3.05) is 6.61 Å². The monoisotopic (exact) mass is 325 g/mol. The molecule has 0 fully saturated rings. The highest BCUT2D eigenvalue weighted by molar-refractivity contribution is 6.36. The van der Waals surface area contributed by atoms with E-state index in [1.165, 1.54) is 12.4 Å². The van der Waals surface area contributed by atoms with Gasteiger partial charge in [-0.2, -0.15) is 5.10 Å². The first kappa shape index (κ1) is 17.3. The lowest BCUT2D eigenvalue weighted by molar-refractivity contribution is -0.135. The number of carbonyl (C=O) groups excluding carboxylic acids is 2. The molecule has 0 unspecified atom stereocenters. The zero-order chi connectivity index (χ0) is 17.2. The highest BCUT2D eigenvalue weighted by Gasteiger charge is 2.14. The number of hydrogen-bond acceptors (Lipinski definition) is 5. The van der Waals surface area contributed by atoms with E-state index in [4.69, 9.17) is 4.74 Å². The number of aromatic nitrogens is 1. The Kier molecular flexibility index (Phi) is 6.64. The molecule has 6 nitrogen and oxygen atoms in total. The number of benzene rings is 1. The highest BCUT2D eigenvalue weighted by atomic mass is 16.5. The minimum atomic E-state index is -0.525. The molecule has 0 aliphatic carbocycles. The molecule has 0 aliphatic heterocycles. The molecule has 2 rings (SSSR count). The molecule has 0 bridgehead atoms. The van der Waals surface area contributed by atoms with Crippen LogP contribution >= 0.6 is 0 Å². The largest absolute Gasteiger partial charge is 0.461 e. The van der Waals surface area contributed by atoms with Gasteiger partial charge in [0.2, 0.25) is 0 Å². The fourth-order valence-electron chi connectivity index (χ4n) is 2.01. The second-order valence-corrected chi connectivity index (χ2v) is 4.94. The van der Waals surface area contributed by atoms with E-state index in [1.54, 1.807) is 19.1 Å². The zero-order valence-corrected chi connectivity index (χ0v) is 13.4. The van der Waals surface area contributed by atoms with Crippen molar-refractivity contribution in [3.63, 3.8) is 0 Å². The van der Waals surface area contributed by atoms with E-state index >= 15 is 0 Å². The van der Waals surface area contributed by atoms with Crippen LogP contribution in [0.1, 0.15) is 29.3 Å². The number of rotatable bonds is 7. The molecule has 0 saturated heterocycles. The molecule has 1 amide bonds. The van der Waals surface area contributed by atoms with Gasteiger partial charge < -0.3 is 4.74 Å². The van der Waals surface area contributed by atoms with Gasteiger partial charge in [-0.3, -0.25) is 9.78 Å². The number of aryl methyl sites for hydroxylation is 1. The first-order chi connectivity index (χ1) is 11.7. The van der Waals surface area contributed by atoms with E-state index < -0.39 is 11.9 Å². The Hall–Kier alpha value is -3.02. The zero-order valence-electron chi connectivity index (χ0n) is 13.4. The maximum absolute atomic E-state index is 12.0. The van der Waals surface area contributed by atoms with Gasteiger partial charge in [-0.1, -0.05) is 30.3 Å². The number of pyridine rings is 1. The van der Waals surface area contributed by atoms with Gasteiger partial charge in [-0.25, -0.2) is 10.2 Å². The van der Waals surface area contributed by atoms with Crippen LogP contribution in [0.15, 0.2) is 60.0 Å². The lowest BCUT2D eigenvalue weighted by Gasteiger charge is -2.07. The average Bonchev–Trinajstić information content (AvgIpc) is 2.63. The number of esters is 1. The number of nitrogens with one attached hydrogen (secondary N) is 1. The van der Waals surface area contributed by atoms with Crippen molar-refractivity contribution in [2.45, 2.75) is 19.8 Å². The van der Waals surface area contributed by atoms with Crippen LogP contribution in [0.25, 0.3) is 0 Å². The molecule has 1 aromatic heterocycles. The summed E-state index contributed by atoms with van der Waals surface area (Å²) < 4.78 is 5.00. The van der Waals surface area contributed by atoms with Crippen molar-refractivity contribution in [3.05, 3.63) is 66.0 Å². The number of hydrogen-bond donors (Lipinski definition) is 1. The van der Waals surface area contributed by atoms with Crippen molar-refractivity contribution in [3.8, 4) is 0 Å². The molecule has 0 spiro atoms. The molecule has 6 heteroatoms. The Morgan fingerprint density at radius 3 is 2.50 bits per heavy atom. The highest BCUT2D eigenvalue weighted by Crippen LogP contribution is 2.05. The predicted octanol–water partition coefficient (Wildman–Crippen LogP) is 2.36. The van der Waals surface area contributed by atoms with Crippen molar-refractivity contribution >= 4 is 17.6 Å². The molecular weight excluding hydrogens is 306 g/mol. The second-order valence-electron chi connectivity index (χ2n) is 4.94. The number of amides is 1. The first-order valence-electron chi connectivity index (χ1n) is 7.68. The van der Waals surface area contributed by atoms with Gasteiger partial charge in [-0.15, -0.1) is 0 Å². The number of carbonyl (C=O) groups is 2. The lowest BCUT2D eigenvalue weighted by Crippen LogP contribution is -2.25.